The molecular weight excluding hydrogens is 300 g/mol. The molecule has 0 aromatic heterocycles. The number of hydrazine groups is 1. The van der Waals surface area contributed by atoms with Gasteiger partial charge in [0.25, 0.3) is 11.8 Å². The van der Waals surface area contributed by atoms with E-state index in [0.29, 0.717) is 23.0 Å². The van der Waals surface area contributed by atoms with Gasteiger partial charge in [0.1, 0.15) is 0 Å². The van der Waals surface area contributed by atoms with E-state index in [9.17, 15) is 14.7 Å². The first-order valence-electron chi connectivity index (χ1n) is 5.57. The van der Waals surface area contributed by atoms with Crippen molar-refractivity contribution >= 4 is 27.7 Å². The van der Waals surface area contributed by atoms with Crippen molar-refractivity contribution < 1.29 is 14.7 Å². The second-order valence-corrected chi connectivity index (χ2v) is 5.10. The molecule has 1 aromatic rings. The molecule has 2 atom stereocenters. The third-order valence-corrected chi connectivity index (χ3v) is 4.49. The van der Waals surface area contributed by atoms with Crippen LogP contribution in [0.3, 0.4) is 0 Å². The minimum Gasteiger partial charge on any atom is -0.394 e. The molecule has 2 unspecified atom stereocenters. The summed E-state index contributed by atoms with van der Waals surface area (Å²) in [5.41, 5.74) is 0.333. The van der Waals surface area contributed by atoms with Gasteiger partial charge < -0.3 is 5.11 Å². The van der Waals surface area contributed by atoms with Crippen LogP contribution in [0.2, 0.25) is 0 Å². The number of alkyl halides is 1. The number of aliphatic hydroxyl groups excluding tert-OH is 1. The molecule has 1 N–H and O–H groups in total. The Bertz CT molecular complexity index is 507. The predicted molar refractivity (Wildman–Crippen MR) is 67.3 cm³/mol. The van der Waals surface area contributed by atoms with Gasteiger partial charge in [-0.15, -0.1) is 0 Å². The molecule has 0 radical (unpaired) electrons. The second-order valence-electron chi connectivity index (χ2n) is 4.54. The molecule has 1 saturated heterocycles. The van der Waals surface area contributed by atoms with Crippen molar-refractivity contribution in [3.05, 3.63) is 35.4 Å². The fourth-order valence-corrected chi connectivity index (χ4v) is 2.85. The average Bonchev–Trinajstić information content (AvgIpc) is 3.07. The van der Waals surface area contributed by atoms with Crippen LogP contribution in [0, 0.1) is 0 Å². The normalized spacial score (nSPS) is 29.7. The zero-order valence-electron chi connectivity index (χ0n) is 9.47. The number of carbonyl (C=O) groups excluding carboxylic acids is 2. The first kappa shape index (κ1) is 11.8. The molecule has 0 aliphatic carbocycles. The molecule has 0 saturated carbocycles. The number of rotatable bonds is 3. The van der Waals surface area contributed by atoms with E-state index in [1.54, 1.807) is 29.3 Å². The van der Waals surface area contributed by atoms with E-state index in [1.807, 2.05) is 0 Å². The quantitative estimate of drug-likeness (QED) is 0.505. The SMILES string of the molecule is O=C1c2ccccc2C(=O)N1N1CC1(CO)CBr. The second kappa shape index (κ2) is 3.88. The Labute approximate surface area is 112 Å². The van der Waals surface area contributed by atoms with E-state index in [2.05, 4.69) is 15.9 Å². The van der Waals surface area contributed by atoms with E-state index < -0.39 is 5.54 Å². The summed E-state index contributed by atoms with van der Waals surface area (Å²) in [4.78, 5) is 24.3. The molecule has 1 aromatic carbocycles. The highest BCUT2D eigenvalue weighted by Crippen LogP contribution is 2.39. The minimum atomic E-state index is -0.520. The zero-order valence-corrected chi connectivity index (χ0v) is 11.1. The van der Waals surface area contributed by atoms with Crippen molar-refractivity contribution in [2.24, 2.45) is 0 Å². The predicted octanol–water partition coefficient (Wildman–Crippen LogP) is 0.639. The molecule has 2 aliphatic rings. The van der Waals surface area contributed by atoms with Crippen molar-refractivity contribution in [1.29, 1.82) is 0 Å². The maximum Gasteiger partial charge on any atom is 0.276 e. The first-order valence-corrected chi connectivity index (χ1v) is 6.69. The van der Waals surface area contributed by atoms with E-state index in [0.717, 1.165) is 5.01 Å². The number of imide groups is 1. The highest BCUT2D eigenvalue weighted by atomic mass is 79.9. The van der Waals surface area contributed by atoms with Crippen LogP contribution in [0.15, 0.2) is 24.3 Å². The van der Waals surface area contributed by atoms with Gasteiger partial charge >= 0.3 is 0 Å². The molecule has 2 heterocycles. The molecule has 2 amide bonds. The third kappa shape index (κ3) is 1.39. The van der Waals surface area contributed by atoms with Crippen LogP contribution in [-0.4, -0.2) is 51.0 Å². The maximum absolute atomic E-state index is 12.2. The van der Waals surface area contributed by atoms with Gasteiger partial charge in [0.15, 0.2) is 0 Å². The van der Waals surface area contributed by atoms with E-state index in [1.165, 1.54) is 0 Å². The molecule has 94 valence electrons. The van der Waals surface area contributed by atoms with Crippen LogP contribution in [0.25, 0.3) is 0 Å². The number of nitrogens with zero attached hydrogens (tertiary/aromatic N) is 2. The molecular formula is C12H11BrN2O3. The number of amides is 2. The van der Waals surface area contributed by atoms with E-state index >= 15 is 0 Å². The van der Waals surface area contributed by atoms with Crippen LogP contribution in [0.1, 0.15) is 20.7 Å². The Morgan fingerprint density at radius 2 is 1.78 bits per heavy atom. The lowest BCUT2D eigenvalue weighted by atomic mass is 10.1. The first-order chi connectivity index (χ1) is 8.64. The number of halogens is 1. The molecule has 2 aliphatic heterocycles. The number of benzene rings is 1. The molecule has 1 fully saturated rings. The molecule has 6 heteroatoms. The highest BCUT2D eigenvalue weighted by molar-refractivity contribution is 9.09. The summed E-state index contributed by atoms with van der Waals surface area (Å²) in [7, 11) is 0. The van der Waals surface area contributed by atoms with Crippen molar-refractivity contribution in [3.8, 4) is 0 Å². The highest BCUT2D eigenvalue weighted by Gasteiger charge is 2.59. The molecule has 0 bridgehead atoms. The monoisotopic (exact) mass is 310 g/mol. The summed E-state index contributed by atoms with van der Waals surface area (Å²) in [6, 6.07) is 6.76. The lowest BCUT2D eigenvalue weighted by molar-refractivity contribution is 0.0287. The summed E-state index contributed by atoms with van der Waals surface area (Å²) in [5.74, 6) is -0.626. The van der Waals surface area contributed by atoms with E-state index in [4.69, 9.17) is 0 Å². The topological polar surface area (TPSA) is 60.6 Å². The number of hydrogen-bond acceptors (Lipinski definition) is 4. The Balaban J connectivity index is 1.95. The van der Waals surface area contributed by atoms with E-state index in [-0.39, 0.29) is 18.4 Å². The number of aliphatic hydroxyl groups is 1. The average molecular weight is 311 g/mol. The summed E-state index contributed by atoms with van der Waals surface area (Å²) in [6.07, 6.45) is 0. The summed E-state index contributed by atoms with van der Waals surface area (Å²) >= 11 is 3.31. The Morgan fingerprint density at radius 3 is 2.17 bits per heavy atom. The van der Waals surface area contributed by atoms with Crippen molar-refractivity contribution in [3.63, 3.8) is 0 Å². The van der Waals surface area contributed by atoms with Gasteiger partial charge in [-0.3, -0.25) is 9.59 Å². The summed E-state index contributed by atoms with van der Waals surface area (Å²) in [6.45, 7) is 0.409. The van der Waals surface area contributed by atoms with Crippen LogP contribution >= 0.6 is 15.9 Å². The van der Waals surface area contributed by atoms with Gasteiger partial charge in [0.2, 0.25) is 0 Å². The lowest BCUT2D eigenvalue weighted by Crippen LogP contribution is -2.41. The lowest BCUT2D eigenvalue weighted by Gasteiger charge is -2.19. The van der Waals surface area contributed by atoms with Crippen molar-refractivity contribution in [2.75, 3.05) is 18.5 Å². The van der Waals surface area contributed by atoms with Crippen LogP contribution in [0.5, 0.6) is 0 Å². The largest absolute Gasteiger partial charge is 0.394 e. The fraction of sp³-hybridized carbons (Fsp3) is 0.333. The van der Waals surface area contributed by atoms with Gasteiger partial charge in [-0.2, -0.15) is 5.01 Å². The molecule has 5 nitrogen and oxygen atoms in total. The molecule has 18 heavy (non-hydrogen) atoms. The molecule has 0 spiro atoms. The van der Waals surface area contributed by atoms with Crippen molar-refractivity contribution in [2.45, 2.75) is 5.54 Å². The maximum atomic E-state index is 12.2. The number of carbonyl (C=O) groups is 2. The van der Waals surface area contributed by atoms with Crippen molar-refractivity contribution in [1.82, 2.24) is 10.0 Å². The fourth-order valence-electron chi connectivity index (χ4n) is 2.21. The standard InChI is InChI=1S/C12H11BrN2O3/c13-5-12(7-16)6-14(12)15-10(17)8-3-1-2-4-9(8)11(15)18/h1-4,16H,5-7H2. The van der Waals surface area contributed by atoms with Gasteiger partial charge in [0, 0.05) is 11.9 Å². The number of hydrogen-bond donors (Lipinski definition) is 1. The van der Waals surface area contributed by atoms with Crippen LogP contribution in [-0.2, 0) is 0 Å². The smallest absolute Gasteiger partial charge is 0.276 e. The van der Waals surface area contributed by atoms with Gasteiger partial charge in [-0.25, -0.2) is 5.01 Å². The third-order valence-electron chi connectivity index (χ3n) is 3.45. The van der Waals surface area contributed by atoms with Crippen LogP contribution in [0.4, 0.5) is 0 Å². The zero-order chi connectivity index (χ0) is 12.9. The van der Waals surface area contributed by atoms with Gasteiger partial charge in [0.05, 0.1) is 23.3 Å². The van der Waals surface area contributed by atoms with Gasteiger partial charge in [-0.05, 0) is 12.1 Å². The van der Waals surface area contributed by atoms with Crippen LogP contribution < -0.4 is 0 Å². The summed E-state index contributed by atoms with van der Waals surface area (Å²) < 4.78 is 0. The Morgan fingerprint density at radius 1 is 1.22 bits per heavy atom. The summed E-state index contributed by atoms with van der Waals surface area (Å²) in [5, 5.41) is 12.6. The van der Waals surface area contributed by atoms with Gasteiger partial charge in [-0.1, -0.05) is 28.1 Å². The molecule has 3 rings (SSSR count). The number of fused-ring (bicyclic) bond motifs is 1. The minimum absolute atomic E-state index is 0.0916. The Kier molecular flexibility index (Phi) is 2.55. The Hall–Kier alpha value is -1.24.